The van der Waals surface area contributed by atoms with E-state index in [4.69, 9.17) is 21.7 Å². The number of hydrogen-bond donors (Lipinski definition) is 1. The molecule has 3 nitrogen and oxygen atoms in total. The highest BCUT2D eigenvalue weighted by atomic mass is 35.5. The molecule has 1 N–H and O–H groups in total. The van der Waals surface area contributed by atoms with Gasteiger partial charge in [0.2, 0.25) is 5.90 Å². The number of nitrogens with one attached hydrogen (secondary N) is 1. The van der Waals surface area contributed by atoms with E-state index in [-0.39, 0.29) is 5.90 Å². The summed E-state index contributed by atoms with van der Waals surface area (Å²) in [4.78, 5) is 4.37. The Kier molecular flexibility index (Phi) is 3.95. The summed E-state index contributed by atoms with van der Waals surface area (Å²) in [6, 6.07) is 13.2. The zero-order valence-electron chi connectivity index (χ0n) is 9.98. The van der Waals surface area contributed by atoms with E-state index < -0.39 is 0 Å². The fourth-order valence-corrected chi connectivity index (χ4v) is 1.85. The van der Waals surface area contributed by atoms with Crippen molar-refractivity contribution in [1.82, 2.24) is 4.98 Å². The van der Waals surface area contributed by atoms with Gasteiger partial charge in [-0.3, -0.25) is 5.41 Å². The molecule has 92 valence electrons. The van der Waals surface area contributed by atoms with Gasteiger partial charge >= 0.3 is 0 Å². The lowest BCUT2D eigenvalue weighted by atomic mass is 10.1. The van der Waals surface area contributed by atoms with Crippen LogP contribution in [0.5, 0.6) is 0 Å². The average molecular weight is 261 g/mol. The van der Waals surface area contributed by atoms with E-state index in [1.54, 1.807) is 6.07 Å². The van der Waals surface area contributed by atoms with E-state index in [1.807, 2.05) is 36.4 Å². The molecule has 0 saturated carbocycles. The number of benzene rings is 1. The monoisotopic (exact) mass is 260 g/mol. The maximum atomic E-state index is 7.59. The molecule has 4 heteroatoms. The Labute approximate surface area is 111 Å². The SMILES string of the molecule is COC(=N)c1cccc(Cc2ccccc2Cl)n1. The highest BCUT2D eigenvalue weighted by molar-refractivity contribution is 6.31. The minimum atomic E-state index is 0.0657. The lowest BCUT2D eigenvalue weighted by Gasteiger charge is -2.06. The van der Waals surface area contributed by atoms with Crippen molar-refractivity contribution < 1.29 is 4.74 Å². The Balaban J connectivity index is 2.25. The van der Waals surface area contributed by atoms with Crippen LogP contribution in [0.2, 0.25) is 5.02 Å². The summed E-state index contributed by atoms with van der Waals surface area (Å²) in [6.07, 6.45) is 0.643. The van der Waals surface area contributed by atoms with Gasteiger partial charge in [0.1, 0.15) is 5.69 Å². The van der Waals surface area contributed by atoms with Crippen LogP contribution in [0, 0.1) is 5.41 Å². The molecule has 0 atom stereocenters. The van der Waals surface area contributed by atoms with E-state index in [0.29, 0.717) is 12.1 Å². The standard InChI is InChI=1S/C14H13ClN2O/c1-18-14(16)13-8-4-6-11(17-13)9-10-5-2-3-7-12(10)15/h2-8,16H,9H2,1H3. The number of aromatic nitrogens is 1. The first-order valence-corrected chi connectivity index (χ1v) is 5.91. The number of ether oxygens (including phenoxy) is 1. The summed E-state index contributed by atoms with van der Waals surface area (Å²) in [6.45, 7) is 0. The number of halogens is 1. The van der Waals surface area contributed by atoms with Crippen molar-refractivity contribution >= 4 is 17.5 Å². The third-order valence-corrected chi connectivity index (χ3v) is 2.94. The largest absolute Gasteiger partial charge is 0.480 e. The van der Waals surface area contributed by atoms with Gasteiger partial charge in [-0.25, -0.2) is 4.98 Å². The van der Waals surface area contributed by atoms with Crippen LogP contribution in [0.25, 0.3) is 0 Å². The first kappa shape index (κ1) is 12.6. The molecule has 2 aromatic rings. The Morgan fingerprint density at radius 3 is 2.72 bits per heavy atom. The molecule has 0 aliphatic carbocycles. The van der Waals surface area contributed by atoms with Crippen molar-refractivity contribution in [3.63, 3.8) is 0 Å². The predicted octanol–water partition coefficient (Wildman–Crippen LogP) is 3.30. The zero-order valence-corrected chi connectivity index (χ0v) is 10.7. The topological polar surface area (TPSA) is 46.0 Å². The molecule has 0 fully saturated rings. The summed E-state index contributed by atoms with van der Waals surface area (Å²) < 4.78 is 4.86. The molecule has 18 heavy (non-hydrogen) atoms. The number of pyridine rings is 1. The van der Waals surface area contributed by atoms with Gasteiger partial charge in [-0.15, -0.1) is 0 Å². The van der Waals surface area contributed by atoms with Gasteiger partial charge in [0.25, 0.3) is 0 Å². The summed E-state index contributed by atoms with van der Waals surface area (Å²) in [5, 5.41) is 8.31. The molecule has 0 unspecified atom stereocenters. The van der Waals surface area contributed by atoms with E-state index >= 15 is 0 Å². The van der Waals surface area contributed by atoms with Crippen LogP contribution in [0.3, 0.4) is 0 Å². The normalized spacial score (nSPS) is 10.1. The van der Waals surface area contributed by atoms with Crippen LogP contribution in [-0.2, 0) is 11.2 Å². The molecule has 2 rings (SSSR count). The van der Waals surface area contributed by atoms with Crippen molar-refractivity contribution in [3.05, 3.63) is 64.4 Å². The molecule has 0 spiro atoms. The summed E-state index contributed by atoms with van der Waals surface area (Å²) in [7, 11) is 1.46. The molecule has 1 aromatic carbocycles. The molecule has 1 heterocycles. The predicted molar refractivity (Wildman–Crippen MR) is 72.3 cm³/mol. The third kappa shape index (κ3) is 2.87. The average Bonchev–Trinajstić information content (AvgIpc) is 2.41. The van der Waals surface area contributed by atoms with Crippen LogP contribution in [0.4, 0.5) is 0 Å². The van der Waals surface area contributed by atoms with E-state index in [1.165, 1.54) is 7.11 Å². The summed E-state index contributed by atoms with van der Waals surface area (Å²) >= 11 is 6.11. The molecule has 0 saturated heterocycles. The molecular weight excluding hydrogens is 248 g/mol. The van der Waals surface area contributed by atoms with Gasteiger partial charge in [-0.1, -0.05) is 35.9 Å². The van der Waals surface area contributed by atoms with Crippen LogP contribution < -0.4 is 0 Å². The minimum Gasteiger partial charge on any atom is -0.480 e. The van der Waals surface area contributed by atoms with Gasteiger partial charge in [0.05, 0.1) is 7.11 Å². The van der Waals surface area contributed by atoms with Crippen molar-refractivity contribution in [2.45, 2.75) is 6.42 Å². The van der Waals surface area contributed by atoms with Crippen LogP contribution in [-0.4, -0.2) is 18.0 Å². The van der Waals surface area contributed by atoms with Crippen molar-refractivity contribution in [1.29, 1.82) is 5.41 Å². The van der Waals surface area contributed by atoms with Crippen molar-refractivity contribution in [2.75, 3.05) is 7.11 Å². The molecule has 1 aromatic heterocycles. The maximum Gasteiger partial charge on any atom is 0.232 e. The third-order valence-electron chi connectivity index (χ3n) is 2.57. The summed E-state index contributed by atoms with van der Waals surface area (Å²) in [5.41, 5.74) is 2.41. The number of nitrogens with zero attached hydrogens (tertiary/aromatic N) is 1. The Morgan fingerprint density at radius 2 is 2.00 bits per heavy atom. The molecule has 0 bridgehead atoms. The number of methoxy groups -OCH3 is 1. The van der Waals surface area contributed by atoms with Crippen molar-refractivity contribution in [2.24, 2.45) is 0 Å². The number of rotatable bonds is 3. The van der Waals surface area contributed by atoms with Gasteiger partial charge < -0.3 is 4.74 Å². The second-order valence-corrected chi connectivity index (χ2v) is 4.22. The highest BCUT2D eigenvalue weighted by Gasteiger charge is 2.06. The maximum absolute atomic E-state index is 7.59. The summed E-state index contributed by atoms with van der Waals surface area (Å²) in [5.74, 6) is 0.0657. The van der Waals surface area contributed by atoms with Gasteiger partial charge in [0, 0.05) is 17.1 Å². The van der Waals surface area contributed by atoms with E-state index in [9.17, 15) is 0 Å². The van der Waals surface area contributed by atoms with Crippen LogP contribution in [0.1, 0.15) is 17.0 Å². The molecular formula is C14H13ClN2O. The fraction of sp³-hybridized carbons (Fsp3) is 0.143. The first-order valence-electron chi connectivity index (χ1n) is 5.53. The number of hydrogen-bond acceptors (Lipinski definition) is 3. The van der Waals surface area contributed by atoms with Crippen LogP contribution in [0.15, 0.2) is 42.5 Å². The Hall–Kier alpha value is -1.87. The van der Waals surface area contributed by atoms with Gasteiger partial charge in [-0.05, 0) is 23.8 Å². The molecule has 0 aliphatic rings. The van der Waals surface area contributed by atoms with Gasteiger partial charge in [0.15, 0.2) is 0 Å². The smallest absolute Gasteiger partial charge is 0.232 e. The quantitative estimate of drug-likeness (QED) is 0.680. The van der Waals surface area contributed by atoms with Crippen LogP contribution >= 0.6 is 11.6 Å². The van der Waals surface area contributed by atoms with E-state index in [2.05, 4.69) is 4.98 Å². The van der Waals surface area contributed by atoms with Crippen molar-refractivity contribution in [3.8, 4) is 0 Å². The first-order chi connectivity index (χ1) is 8.70. The Bertz CT molecular complexity index is 569. The molecule has 0 aliphatic heterocycles. The molecule has 0 radical (unpaired) electrons. The fourth-order valence-electron chi connectivity index (χ4n) is 1.65. The zero-order chi connectivity index (χ0) is 13.0. The second-order valence-electron chi connectivity index (χ2n) is 3.82. The second kappa shape index (κ2) is 5.65. The molecule has 0 amide bonds. The highest BCUT2D eigenvalue weighted by Crippen LogP contribution is 2.18. The lowest BCUT2D eigenvalue weighted by Crippen LogP contribution is -2.06. The van der Waals surface area contributed by atoms with Gasteiger partial charge in [-0.2, -0.15) is 0 Å². The minimum absolute atomic E-state index is 0.0657. The van der Waals surface area contributed by atoms with E-state index in [0.717, 1.165) is 16.3 Å². The Morgan fingerprint density at radius 1 is 1.22 bits per heavy atom. The lowest BCUT2D eigenvalue weighted by molar-refractivity contribution is 0.399.